The Morgan fingerprint density at radius 2 is 1.45 bits per heavy atom. The van der Waals surface area contributed by atoms with Crippen LogP contribution >= 0.6 is 0 Å². The van der Waals surface area contributed by atoms with Gasteiger partial charge in [0.1, 0.15) is 11.9 Å². The highest BCUT2D eigenvalue weighted by atomic mass is 32.2. The second-order valence-electron chi connectivity index (χ2n) is 18.7. The zero-order valence-corrected chi connectivity index (χ0v) is 41.7. The lowest BCUT2D eigenvalue weighted by Gasteiger charge is -2.32. The molecule has 4 aromatic rings. The standard InChI is InChI=1S/C18H27NO3.C13H18O.C13H16O.C10H15NO2S/c1-7-18(12-19,9-8-13(2)3)14-10-15(20-4)17(22-6)16(11-14)21-5;1-9(2)13-8-10(3)11-6-4-5-7-12(11)14-13;1-9(2)11-8-7-10-5-3-4-6-12(10)13(11)14;1-8(2)6-9-4-3-5-10(7-9)14(11,12)13/h10-11,13H,7-9H2,1-6H3;4-7,9-10,13H,8H2,1-3H3;3-6,9,11H,7-8H2,1-2H3;3-5,7-8H,6H2,1-2H3,(H2,11,12,13). The Hall–Kier alpha value is -4.85. The summed E-state index contributed by atoms with van der Waals surface area (Å²) in [4.78, 5) is 12.2. The number of ketones is 1. The van der Waals surface area contributed by atoms with Gasteiger partial charge < -0.3 is 18.9 Å². The number of nitriles is 1. The van der Waals surface area contributed by atoms with Crippen LogP contribution in [-0.4, -0.2) is 41.6 Å². The molecule has 4 aromatic carbocycles. The number of nitrogens with two attached hydrogens (primary N) is 1. The highest BCUT2D eigenvalue weighted by molar-refractivity contribution is 7.89. The van der Waals surface area contributed by atoms with E-state index in [1.807, 2.05) is 49.4 Å². The lowest BCUT2D eigenvalue weighted by atomic mass is 9.74. The Balaban J connectivity index is 0.000000232. The van der Waals surface area contributed by atoms with E-state index < -0.39 is 15.4 Å². The highest BCUT2D eigenvalue weighted by Gasteiger charge is 2.33. The van der Waals surface area contributed by atoms with Gasteiger partial charge in [-0.05, 0) is 127 Å². The molecule has 64 heavy (non-hydrogen) atoms. The summed E-state index contributed by atoms with van der Waals surface area (Å²) in [6, 6.07) is 29.5. The second kappa shape index (κ2) is 25.0. The van der Waals surface area contributed by atoms with Gasteiger partial charge in [-0.25, -0.2) is 13.6 Å². The molecule has 2 N–H and O–H groups in total. The summed E-state index contributed by atoms with van der Waals surface area (Å²) >= 11 is 0. The number of benzene rings is 4. The third-order valence-electron chi connectivity index (χ3n) is 12.3. The minimum absolute atomic E-state index is 0.190. The third-order valence-corrected chi connectivity index (χ3v) is 13.2. The Morgan fingerprint density at radius 1 is 0.828 bits per heavy atom. The molecule has 0 saturated carbocycles. The molecule has 0 aromatic heterocycles. The van der Waals surface area contributed by atoms with Crippen molar-refractivity contribution in [3.05, 3.63) is 113 Å². The lowest BCUT2D eigenvalue weighted by Crippen LogP contribution is -2.29. The van der Waals surface area contributed by atoms with E-state index in [0.717, 1.165) is 67.4 Å². The topological polar surface area (TPSA) is 138 Å². The molecule has 4 unspecified atom stereocenters. The maximum Gasteiger partial charge on any atom is 0.238 e. The monoisotopic (exact) mass is 897 g/mol. The number of para-hydroxylation sites is 1. The first kappa shape index (κ1) is 53.5. The molecule has 0 radical (unpaired) electrons. The van der Waals surface area contributed by atoms with Crippen molar-refractivity contribution < 1.29 is 32.2 Å². The molecule has 350 valence electrons. The van der Waals surface area contributed by atoms with Gasteiger partial charge in [0, 0.05) is 11.5 Å². The predicted molar refractivity (Wildman–Crippen MR) is 260 cm³/mol. The minimum Gasteiger partial charge on any atom is -0.493 e. The fraction of sp³-hybridized carbons (Fsp3) is 0.519. The molecule has 0 spiro atoms. The summed E-state index contributed by atoms with van der Waals surface area (Å²) < 4.78 is 44.2. The number of sulfonamides is 1. The number of hydrogen-bond donors (Lipinski definition) is 1. The fourth-order valence-corrected chi connectivity index (χ4v) is 8.87. The molecule has 1 heterocycles. The van der Waals surface area contributed by atoms with Crippen LogP contribution in [0.3, 0.4) is 0 Å². The van der Waals surface area contributed by atoms with E-state index in [9.17, 15) is 18.5 Å². The van der Waals surface area contributed by atoms with Crippen LogP contribution in [0, 0.1) is 40.9 Å². The van der Waals surface area contributed by atoms with Crippen molar-refractivity contribution in [2.45, 2.75) is 137 Å². The largest absolute Gasteiger partial charge is 0.493 e. The Labute approximate surface area is 386 Å². The smallest absolute Gasteiger partial charge is 0.238 e. The van der Waals surface area contributed by atoms with E-state index in [4.69, 9.17) is 24.1 Å². The Kier molecular flexibility index (Phi) is 20.9. The van der Waals surface area contributed by atoms with Gasteiger partial charge in [-0.2, -0.15) is 5.26 Å². The van der Waals surface area contributed by atoms with Crippen molar-refractivity contribution in [3.8, 4) is 29.1 Å². The van der Waals surface area contributed by atoms with Gasteiger partial charge in [-0.1, -0.05) is 124 Å². The molecule has 2 aliphatic rings. The zero-order chi connectivity index (χ0) is 47.8. The number of methoxy groups -OCH3 is 3. The average Bonchev–Trinajstić information content (AvgIpc) is 3.26. The SMILES string of the molecule is CC(C)C1CCc2ccccc2C1=O.CC(C)Cc1cccc(S(N)(=O)=O)c1.CC1CC(C(C)C)Oc2ccccc21.CCC(C#N)(CCC(C)C)c1cc(OC)c(OC)c(OC)c1. The summed E-state index contributed by atoms with van der Waals surface area (Å²) in [5.41, 5.74) is 4.95. The van der Waals surface area contributed by atoms with Crippen LogP contribution in [0.2, 0.25) is 0 Å². The van der Waals surface area contributed by atoms with Crippen LogP contribution in [-0.2, 0) is 28.3 Å². The maximum atomic E-state index is 12.1. The van der Waals surface area contributed by atoms with Crippen LogP contribution in [0.1, 0.15) is 140 Å². The van der Waals surface area contributed by atoms with Crippen LogP contribution in [0.5, 0.6) is 23.0 Å². The van der Waals surface area contributed by atoms with Crippen molar-refractivity contribution in [1.29, 1.82) is 5.26 Å². The number of carbonyl (C=O) groups is 1. The number of Topliss-reactive ketones (excluding diaryl/α,β-unsaturated/α-hetero) is 1. The Morgan fingerprint density at radius 3 is 1.98 bits per heavy atom. The van der Waals surface area contributed by atoms with Crippen molar-refractivity contribution in [3.63, 3.8) is 0 Å². The van der Waals surface area contributed by atoms with Crippen molar-refractivity contribution in [1.82, 2.24) is 0 Å². The van der Waals surface area contributed by atoms with E-state index >= 15 is 0 Å². The third kappa shape index (κ3) is 14.9. The number of aryl methyl sites for hydroxylation is 1. The lowest BCUT2D eigenvalue weighted by molar-refractivity contribution is 0.0864. The minimum atomic E-state index is -3.56. The molecule has 9 nitrogen and oxygen atoms in total. The first-order valence-corrected chi connectivity index (χ1v) is 24.5. The molecule has 6 rings (SSSR count). The van der Waals surface area contributed by atoms with Crippen molar-refractivity contribution >= 4 is 15.8 Å². The van der Waals surface area contributed by atoms with Gasteiger partial charge in [0.15, 0.2) is 17.3 Å². The van der Waals surface area contributed by atoms with E-state index in [1.54, 1.807) is 33.5 Å². The number of rotatable bonds is 13. The van der Waals surface area contributed by atoms with Gasteiger partial charge >= 0.3 is 0 Å². The van der Waals surface area contributed by atoms with Gasteiger partial charge in [-0.3, -0.25) is 4.79 Å². The molecule has 1 aliphatic heterocycles. The first-order chi connectivity index (χ1) is 30.2. The number of fused-ring (bicyclic) bond motifs is 2. The zero-order valence-electron chi connectivity index (χ0n) is 40.9. The van der Waals surface area contributed by atoms with Gasteiger partial charge in [0.25, 0.3) is 0 Å². The van der Waals surface area contributed by atoms with E-state index in [-0.39, 0.29) is 10.8 Å². The molecule has 1 aliphatic carbocycles. The number of hydrogen-bond acceptors (Lipinski definition) is 8. The van der Waals surface area contributed by atoms with Gasteiger partial charge in [-0.15, -0.1) is 0 Å². The summed E-state index contributed by atoms with van der Waals surface area (Å²) in [5, 5.41) is 14.9. The summed E-state index contributed by atoms with van der Waals surface area (Å²) in [6.07, 6.45) is 7.04. The van der Waals surface area contributed by atoms with Crippen LogP contribution in [0.15, 0.2) is 89.8 Å². The summed E-state index contributed by atoms with van der Waals surface area (Å²) in [5.74, 6) is 6.18. The molecule has 0 amide bonds. The number of nitrogens with zero attached hydrogens (tertiary/aromatic N) is 1. The number of carbonyl (C=O) groups excluding carboxylic acids is 1. The predicted octanol–water partition coefficient (Wildman–Crippen LogP) is 12.5. The molecule has 0 saturated heterocycles. The van der Waals surface area contributed by atoms with Crippen molar-refractivity contribution in [2.75, 3.05) is 21.3 Å². The van der Waals surface area contributed by atoms with Gasteiger partial charge in [0.2, 0.25) is 15.8 Å². The number of primary sulfonamides is 1. The number of ether oxygens (including phenoxy) is 4. The quantitative estimate of drug-likeness (QED) is 0.140. The molecule has 10 heteroatoms. The molecule has 0 fully saturated rings. The highest BCUT2D eigenvalue weighted by Crippen LogP contribution is 2.44. The molecule has 0 bridgehead atoms. The second-order valence-corrected chi connectivity index (χ2v) is 20.2. The van der Waals surface area contributed by atoms with Crippen LogP contribution < -0.4 is 24.1 Å². The van der Waals surface area contributed by atoms with E-state index in [0.29, 0.717) is 58.7 Å². The molecule has 4 atom stereocenters. The maximum absolute atomic E-state index is 12.1. The van der Waals surface area contributed by atoms with E-state index in [2.05, 4.69) is 92.6 Å². The van der Waals surface area contributed by atoms with Crippen molar-refractivity contribution in [2.24, 2.45) is 34.7 Å². The molecular weight excluding hydrogens is 821 g/mol. The normalized spacial score (nSPS) is 17.5. The first-order valence-electron chi connectivity index (χ1n) is 23.0. The average molecular weight is 897 g/mol. The summed E-state index contributed by atoms with van der Waals surface area (Å²) in [7, 11) is 1.20. The Bertz CT molecular complexity index is 2220. The fourth-order valence-electron chi connectivity index (χ4n) is 8.28. The van der Waals surface area contributed by atoms with E-state index in [1.165, 1.54) is 17.2 Å². The van der Waals surface area contributed by atoms with Gasteiger partial charge in [0.05, 0.1) is 37.7 Å². The molecular formula is C54H76N2O7S. The summed E-state index contributed by atoms with van der Waals surface area (Å²) in [6.45, 7) is 21.6. The van der Waals surface area contributed by atoms with Crippen LogP contribution in [0.4, 0.5) is 0 Å². The van der Waals surface area contributed by atoms with Crippen LogP contribution in [0.25, 0.3) is 0 Å².